The molecule has 178 valence electrons. The maximum absolute atomic E-state index is 13.1. The number of nitrogen functional groups attached to an aromatic ring is 1. The monoisotopic (exact) mass is 469 g/mol. The molecule has 0 aliphatic carbocycles. The number of aryl methyl sites for hydroxylation is 1. The maximum atomic E-state index is 13.1. The number of ether oxygens (including phenoxy) is 1. The fraction of sp³-hybridized carbons (Fsp3) is 0.259. The highest BCUT2D eigenvalue weighted by Crippen LogP contribution is 2.38. The largest absolute Gasteiger partial charge is 0.399 e. The van der Waals surface area contributed by atoms with Gasteiger partial charge in [-0.25, -0.2) is 0 Å². The number of morpholine rings is 1. The van der Waals surface area contributed by atoms with E-state index in [4.69, 9.17) is 10.5 Å². The van der Waals surface area contributed by atoms with Gasteiger partial charge in [-0.15, -0.1) is 0 Å². The summed E-state index contributed by atoms with van der Waals surface area (Å²) in [7, 11) is 0. The molecule has 0 bridgehead atoms. The molecule has 0 atom stereocenters. The summed E-state index contributed by atoms with van der Waals surface area (Å²) in [5.74, 6) is -0.767. The third-order valence-electron chi connectivity index (χ3n) is 6.94. The number of hydrogen-bond donors (Lipinski definition) is 3. The zero-order valence-electron chi connectivity index (χ0n) is 19.3. The molecule has 2 aromatic heterocycles. The Labute approximate surface area is 202 Å². The number of aromatic amines is 1. The van der Waals surface area contributed by atoms with Crippen molar-refractivity contribution in [2.75, 3.05) is 38.6 Å². The van der Waals surface area contributed by atoms with Crippen LogP contribution in [0.4, 0.5) is 5.69 Å². The third kappa shape index (κ3) is 3.80. The summed E-state index contributed by atoms with van der Waals surface area (Å²) < 4.78 is 7.62. The Morgan fingerprint density at radius 3 is 2.51 bits per heavy atom. The van der Waals surface area contributed by atoms with E-state index in [1.165, 1.54) is 0 Å². The first-order valence-electron chi connectivity index (χ1n) is 12.0. The van der Waals surface area contributed by atoms with Crippen LogP contribution in [0.25, 0.3) is 33.0 Å². The number of rotatable bonds is 6. The van der Waals surface area contributed by atoms with Crippen LogP contribution in [0.5, 0.6) is 0 Å². The molecule has 4 N–H and O–H groups in total. The summed E-state index contributed by atoms with van der Waals surface area (Å²) in [6.45, 7) is 5.25. The van der Waals surface area contributed by atoms with Gasteiger partial charge in [-0.1, -0.05) is 18.2 Å². The average molecular weight is 470 g/mol. The molecule has 1 fully saturated rings. The number of carbonyl (C=O) groups is 2. The Bertz CT molecular complexity index is 1490. The second-order valence-electron chi connectivity index (χ2n) is 9.10. The van der Waals surface area contributed by atoms with Crippen LogP contribution in [-0.4, -0.2) is 59.1 Å². The number of nitrogens with one attached hydrogen (secondary N) is 2. The van der Waals surface area contributed by atoms with Crippen molar-refractivity contribution in [2.24, 2.45) is 0 Å². The smallest absolute Gasteiger partial charge is 0.259 e. The quantitative estimate of drug-likeness (QED) is 0.297. The van der Waals surface area contributed by atoms with Gasteiger partial charge in [0.1, 0.15) is 0 Å². The van der Waals surface area contributed by atoms with Crippen LogP contribution in [-0.2, 0) is 20.9 Å². The van der Waals surface area contributed by atoms with Crippen molar-refractivity contribution in [3.63, 3.8) is 0 Å². The predicted octanol–water partition coefficient (Wildman–Crippen LogP) is 2.99. The molecule has 2 amide bonds. The molecule has 8 heteroatoms. The number of hydrogen-bond acceptors (Lipinski definition) is 5. The predicted molar refractivity (Wildman–Crippen MR) is 136 cm³/mol. The standard InChI is InChI=1S/C27H27N5O3/c28-17-6-7-23-19(14-17)21(16-32(23)9-3-8-31-10-12-35-13-11-31)25-24(26(33)30-27(25)34)20-15-29-22-5-2-1-4-18(20)22/h1-2,4-7,14-16,29H,3,8-13,28H2,(H,30,33,34). The Kier molecular flexibility index (Phi) is 5.39. The van der Waals surface area contributed by atoms with Gasteiger partial charge in [0.15, 0.2) is 0 Å². The molecular formula is C27H27N5O3. The molecule has 0 spiro atoms. The summed E-state index contributed by atoms with van der Waals surface area (Å²) in [5.41, 5.74) is 10.9. The molecule has 2 aliphatic heterocycles. The van der Waals surface area contributed by atoms with Gasteiger partial charge in [0.25, 0.3) is 11.8 Å². The average Bonchev–Trinajstić information content (AvgIpc) is 3.52. The van der Waals surface area contributed by atoms with Gasteiger partial charge in [0.2, 0.25) is 0 Å². The lowest BCUT2D eigenvalue weighted by Gasteiger charge is -2.26. The van der Waals surface area contributed by atoms with Crippen LogP contribution in [0.3, 0.4) is 0 Å². The fourth-order valence-electron chi connectivity index (χ4n) is 5.24. The molecule has 6 rings (SSSR count). The van der Waals surface area contributed by atoms with Crippen molar-refractivity contribution in [1.82, 2.24) is 19.8 Å². The van der Waals surface area contributed by atoms with Crippen molar-refractivity contribution >= 4 is 50.5 Å². The highest BCUT2D eigenvalue weighted by molar-refractivity contribution is 6.50. The van der Waals surface area contributed by atoms with Gasteiger partial charge < -0.3 is 20.0 Å². The minimum atomic E-state index is -0.384. The number of nitrogens with zero attached hydrogens (tertiary/aromatic N) is 2. The highest BCUT2D eigenvalue weighted by atomic mass is 16.5. The summed E-state index contributed by atoms with van der Waals surface area (Å²) in [6, 6.07) is 13.5. The van der Waals surface area contributed by atoms with E-state index in [1.54, 1.807) is 6.20 Å². The first-order valence-corrected chi connectivity index (χ1v) is 12.0. The number of H-pyrrole nitrogens is 1. The van der Waals surface area contributed by atoms with Crippen LogP contribution >= 0.6 is 0 Å². The van der Waals surface area contributed by atoms with E-state index in [0.29, 0.717) is 16.8 Å². The van der Waals surface area contributed by atoms with Gasteiger partial charge in [-0.2, -0.15) is 0 Å². The number of para-hydroxylation sites is 1. The SMILES string of the molecule is Nc1ccc2c(c1)c(C1=C(c3c[nH]c4ccccc34)C(=O)NC1=O)cn2CCCN1CCOCC1. The molecule has 4 aromatic rings. The number of amides is 2. The molecule has 1 saturated heterocycles. The number of aromatic nitrogens is 2. The van der Waals surface area contributed by atoms with Crippen molar-refractivity contribution in [3.8, 4) is 0 Å². The lowest BCUT2D eigenvalue weighted by Crippen LogP contribution is -2.37. The zero-order chi connectivity index (χ0) is 23.9. The van der Waals surface area contributed by atoms with E-state index in [-0.39, 0.29) is 11.8 Å². The van der Waals surface area contributed by atoms with Gasteiger partial charge in [0.05, 0.1) is 24.4 Å². The molecule has 2 aromatic carbocycles. The molecule has 0 saturated carbocycles. The lowest BCUT2D eigenvalue weighted by molar-refractivity contribution is -0.122. The van der Waals surface area contributed by atoms with E-state index in [0.717, 1.165) is 78.7 Å². The Balaban J connectivity index is 1.44. The van der Waals surface area contributed by atoms with Gasteiger partial charge in [-0.3, -0.25) is 19.8 Å². The summed E-state index contributed by atoms with van der Waals surface area (Å²) in [6.07, 6.45) is 4.76. The van der Waals surface area contributed by atoms with Crippen molar-refractivity contribution in [1.29, 1.82) is 0 Å². The summed E-state index contributed by atoms with van der Waals surface area (Å²) >= 11 is 0. The van der Waals surface area contributed by atoms with Crippen LogP contribution in [0.2, 0.25) is 0 Å². The van der Waals surface area contributed by atoms with E-state index in [2.05, 4.69) is 19.8 Å². The third-order valence-corrected chi connectivity index (χ3v) is 6.94. The second kappa shape index (κ2) is 8.72. The molecule has 0 radical (unpaired) electrons. The van der Waals surface area contributed by atoms with Crippen LogP contribution < -0.4 is 11.1 Å². The molecular weight excluding hydrogens is 442 g/mol. The Morgan fingerprint density at radius 1 is 0.914 bits per heavy atom. The minimum absolute atomic E-state index is 0.383. The normalized spacial score (nSPS) is 17.1. The molecule has 0 unspecified atom stereocenters. The van der Waals surface area contributed by atoms with Crippen LogP contribution in [0, 0.1) is 0 Å². The van der Waals surface area contributed by atoms with Crippen molar-refractivity contribution < 1.29 is 14.3 Å². The van der Waals surface area contributed by atoms with E-state index >= 15 is 0 Å². The van der Waals surface area contributed by atoms with Crippen molar-refractivity contribution in [2.45, 2.75) is 13.0 Å². The van der Waals surface area contributed by atoms with Crippen LogP contribution in [0.15, 0.2) is 54.9 Å². The van der Waals surface area contributed by atoms with E-state index in [1.807, 2.05) is 48.7 Å². The van der Waals surface area contributed by atoms with Gasteiger partial charge in [-0.05, 0) is 30.7 Å². The number of fused-ring (bicyclic) bond motifs is 2. The topological polar surface area (TPSA) is 105 Å². The number of anilines is 1. The number of nitrogens with two attached hydrogens (primary N) is 1. The first kappa shape index (κ1) is 21.6. The lowest BCUT2D eigenvalue weighted by atomic mass is 9.95. The first-order chi connectivity index (χ1) is 17.1. The number of benzene rings is 2. The summed E-state index contributed by atoms with van der Waals surface area (Å²) in [5, 5.41) is 4.29. The Hall–Kier alpha value is -3.88. The van der Waals surface area contributed by atoms with Gasteiger partial charge >= 0.3 is 0 Å². The summed E-state index contributed by atoms with van der Waals surface area (Å²) in [4.78, 5) is 31.8. The van der Waals surface area contributed by atoms with Crippen LogP contribution in [0.1, 0.15) is 17.5 Å². The fourth-order valence-corrected chi connectivity index (χ4v) is 5.24. The number of carbonyl (C=O) groups excluding carboxylic acids is 2. The number of imide groups is 1. The van der Waals surface area contributed by atoms with E-state index in [9.17, 15) is 9.59 Å². The van der Waals surface area contributed by atoms with Gasteiger partial charge in [0, 0.05) is 77.2 Å². The Morgan fingerprint density at radius 2 is 1.69 bits per heavy atom. The minimum Gasteiger partial charge on any atom is -0.399 e. The maximum Gasteiger partial charge on any atom is 0.259 e. The molecule has 35 heavy (non-hydrogen) atoms. The second-order valence-corrected chi connectivity index (χ2v) is 9.10. The molecule has 2 aliphatic rings. The molecule has 8 nitrogen and oxygen atoms in total. The molecule has 4 heterocycles. The zero-order valence-corrected chi connectivity index (χ0v) is 19.3. The highest BCUT2D eigenvalue weighted by Gasteiger charge is 2.35. The van der Waals surface area contributed by atoms with E-state index < -0.39 is 0 Å². The van der Waals surface area contributed by atoms with Crippen molar-refractivity contribution in [3.05, 3.63) is 66.0 Å².